The molecule has 2 aromatic carbocycles. The van der Waals surface area contributed by atoms with Crippen LogP contribution in [0.15, 0.2) is 36.4 Å². The van der Waals surface area contributed by atoms with Gasteiger partial charge in [-0.3, -0.25) is 0 Å². The molecule has 112 valence electrons. The molecule has 0 spiro atoms. The fourth-order valence-corrected chi connectivity index (χ4v) is 2.50. The Kier molecular flexibility index (Phi) is 5.57. The van der Waals surface area contributed by atoms with Crippen LogP contribution in [-0.4, -0.2) is 6.54 Å². The standard InChI is InChI=1S/C16H15Cl2F2N/c1-2-8-21-16(11-7-6-10(17)9-14(11)19)12-4-3-5-13(18)15(12)20/h3-7,9,16,21H,2,8H2,1H3. The van der Waals surface area contributed by atoms with Crippen LogP contribution in [0.2, 0.25) is 10.0 Å². The van der Waals surface area contributed by atoms with Gasteiger partial charge in [-0.05, 0) is 31.2 Å². The normalized spacial score (nSPS) is 12.4. The smallest absolute Gasteiger partial charge is 0.146 e. The molecule has 0 amide bonds. The zero-order valence-electron chi connectivity index (χ0n) is 11.5. The first kappa shape index (κ1) is 16.2. The van der Waals surface area contributed by atoms with Crippen molar-refractivity contribution in [2.24, 2.45) is 0 Å². The Hall–Kier alpha value is -1.16. The Balaban J connectivity index is 2.49. The number of hydrogen-bond acceptors (Lipinski definition) is 1. The molecular weight excluding hydrogens is 315 g/mol. The average molecular weight is 330 g/mol. The maximum absolute atomic E-state index is 14.3. The van der Waals surface area contributed by atoms with Gasteiger partial charge in [0.15, 0.2) is 0 Å². The van der Waals surface area contributed by atoms with E-state index in [1.54, 1.807) is 24.3 Å². The molecule has 2 aromatic rings. The van der Waals surface area contributed by atoms with Crippen molar-refractivity contribution in [3.05, 3.63) is 69.2 Å². The molecule has 0 saturated carbocycles. The summed E-state index contributed by atoms with van der Waals surface area (Å²) in [6.07, 6.45) is 0.841. The van der Waals surface area contributed by atoms with Crippen LogP contribution in [0.4, 0.5) is 8.78 Å². The minimum absolute atomic E-state index is 0.0187. The molecule has 0 aliphatic heterocycles. The van der Waals surface area contributed by atoms with E-state index in [0.29, 0.717) is 22.7 Å². The van der Waals surface area contributed by atoms with E-state index in [-0.39, 0.29) is 5.02 Å². The molecule has 0 radical (unpaired) electrons. The third-order valence-electron chi connectivity index (χ3n) is 3.16. The lowest BCUT2D eigenvalue weighted by molar-refractivity contribution is 0.520. The predicted octanol–water partition coefficient (Wildman–Crippen LogP) is 5.36. The molecule has 1 unspecified atom stereocenters. The highest BCUT2D eigenvalue weighted by molar-refractivity contribution is 6.31. The molecule has 1 atom stereocenters. The third kappa shape index (κ3) is 3.73. The monoisotopic (exact) mass is 329 g/mol. The van der Waals surface area contributed by atoms with Gasteiger partial charge in [0.2, 0.25) is 0 Å². The number of rotatable bonds is 5. The van der Waals surface area contributed by atoms with Crippen molar-refractivity contribution >= 4 is 23.2 Å². The van der Waals surface area contributed by atoms with Crippen molar-refractivity contribution in [1.29, 1.82) is 0 Å². The SMILES string of the molecule is CCCNC(c1ccc(Cl)cc1F)c1cccc(Cl)c1F. The molecule has 0 aliphatic rings. The summed E-state index contributed by atoms with van der Waals surface area (Å²) in [6, 6.07) is 8.47. The van der Waals surface area contributed by atoms with Gasteiger partial charge in [0.05, 0.1) is 11.1 Å². The summed E-state index contributed by atoms with van der Waals surface area (Å²) in [5.41, 5.74) is 0.659. The Morgan fingerprint density at radius 1 is 1.10 bits per heavy atom. The van der Waals surface area contributed by atoms with Crippen LogP contribution < -0.4 is 5.32 Å². The molecule has 0 saturated heterocycles. The van der Waals surface area contributed by atoms with Crippen LogP contribution in [0.25, 0.3) is 0 Å². The van der Waals surface area contributed by atoms with E-state index in [2.05, 4.69) is 5.32 Å². The molecule has 0 aliphatic carbocycles. The van der Waals surface area contributed by atoms with Gasteiger partial charge in [-0.2, -0.15) is 0 Å². The van der Waals surface area contributed by atoms with Crippen molar-refractivity contribution in [3.8, 4) is 0 Å². The third-order valence-corrected chi connectivity index (χ3v) is 3.69. The summed E-state index contributed by atoms with van der Waals surface area (Å²) in [7, 11) is 0. The van der Waals surface area contributed by atoms with Crippen molar-refractivity contribution in [2.45, 2.75) is 19.4 Å². The van der Waals surface area contributed by atoms with Crippen LogP contribution >= 0.6 is 23.2 Å². The highest BCUT2D eigenvalue weighted by atomic mass is 35.5. The van der Waals surface area contributed by atoms with Gasteiger partial charge in [-0.25, -0.2) is 8.78 Å². The highest BCUT2D eigenvalue weighted by Crippen LogP contribution is 2.30. The summed E-state index contributed by atoms with van der Waals surface area (Å²) < 4.78 is 28.4. The first-order chi connectivity index (χ1) is 10.0. The molecular formula is C16H15Cl2F2N. The molecule has 21 heavy (non-hydrogen) atoms. The second-order valence-electron chi connectivity index (χ2n) is 4.70. The Bertz CT molecular complexity index is 632. The van der Waals surface area contributed by atoms with Crippen molar-refractivity contribution < 1.29 is 8.78 Å². The summed E-state index contributed by atoms with van der Waals surface area (Å²) >= 11 is 11.6. The van der Waals surface area contributed by atoms with Crippen LogP contribution in [-0.2, 0) is 0 Å². The second kappa shape index (κ2) is 7.21. The number of halogens is 4. The fraction of sp³-hybridized carbons (Fsp3) is 0.250. The number of hydrogen-bond donors (Lipinski definition) is 1. The van der Waals surface area contributed by atoms with Gasteiger partial charge in [-0.1, -0.05) is 48.3 Å². The van der Waals surface area contributed by atoms with Crippen molar-refractivity contribution in [2.75, 3.05) is 6.54 Å². The Morgan fingerprint density at radius 3 is 2.52 bits per heavy atom. The van der Waals surface area contributed by atoms with Gasteiger partial charge in [-0.15, -0.1) is 0 Å². The Labute approximate surface area is 132 Å². The first-order valence-electron chi connectivity index (χ1n) is 6.66. The Morgan fingerprint density at radius 2 is 1.86 bits per heavy atom. The van der Waals surface area contributed by atoms with Gasteiger partial charge >= 0.3 is 0 Å². The molecule has 0 fully saturated rings. The van der Waals surface area contributed by atoms with Crippen LogP contribution in [0.5, 0.6) is 0 Å². The average Bonchev–Trinajstić information content (AvgIpc) is 2.45. The molecule has 0 aromatic heterocycles. The highest BCUT2D eigenvalue weighted by Gasteiger charge is 2.21. The summed E-state index contributed by atoms with van der Waals surface area (Å²) in [6.45, 7) is 2.61. The maximum atomic E-state index is 14.3. The molecule has 1 nitrogen and oxygen atoms in total. The topological polar surface area (TPSA) is 12.0 Å². The lowest BCUT2D eigenvalue weighted by Gasteiger charge is -2.21. The lowest BCUT2D eigenvalue weighted by atomic mass is 9.97. The number of nitrogens with one attached hydrogen (secondary N) is 1. The van der Waals surface area contributed by atoms with E-state index >= 15 is 0 Å². The van der Waals surface area contributed by atoms with Crippen molar-refractivity contribution in [3.63, 3.8) is 0 Å². The van der Waals surface area contributed by atoms with Crippen LogP contribution in [0.1, 0.15) is 30.5 Å². The number of benzene rings is 2. The quantitative estimate of drug-likeness (QED) is 0.778. The van der Waals surface area contributed by atoms with Crippen molar-refractivity contribution in [1.82, 2.24) is 5.32 Å². The molecule has 2 rings (SSSR count). The molecule has 5 heteroatoms. The van der Waals surface area contributed by atoms with E-state index in [1.165, 1.54) is 12.1 Å². The minimum atomic E-state index is -0.610. The van der Waals surface area contributed by atoms with Crippen LogP contribution in [0, 0.1) is 11.6 Å². The minimum Gasteiger partial charge on any atom is -0.306 e. The van der Waals surface area contributed by atoms with Gasteiger partial charge in [0.25, 0.3) is 0 Å². The molecule has 0 heterocycles. The molecule has 1 N–H and O–H groups in total. The van der Waals surface area contributed by atoms with E-state index in [1.807, 2.05) is 6.92 Å². The molecule has 0 bridgehead atoms. The van der Waals surface area contributed by atoms with Gasteiger partial charge in [0, 0.05) is 16.1 Å². The largest absolute Gasteiger partial charge is 0.306 e. The predicted molar refractivity (Wildman–Crippen MR) is 83.0 cm³/mol. The summed E-state index contributed by atoms with van der Waals surface area (Å²) in [4.78, 5) is 0. The van der Waals surface area contributed by atoms with E-state index < -0.39 is 17.7 Å². The van der Waals surface area contributed by atoms with Gasteiger partial charge in [0.1, 0.15) is 11.6 Å². The second-order valence-corrected chi connectivity index (χ2v) is 5.54. The van der Waals surface area contributed by atoms with E-state index in [4.69, 9.17) is 23.2 Å². The first-order valence-corrected chi connectivity index (χ1v) is 7.42. The van der Waals surface area contributed by atoms with E-state index in [9.17, 15) is 8.78 Å². The fourth-order valence-electron chi connectivity index (χ4n) is 2.16. The van der Waals surface area contributed by atoms with Gasteiger partial charge < -0.3 is 5.32 Å². The maximum Gasteiger partial charge on any atom is 0.146 e. The van der Waals surface area contributed by atoms with E-state index in [0.717, 1.165) is 6.42 Å². The summed E-state index contributed by atoms with van der Waals surface area (Å²) in [5, 5.41) is 3.47. The summed E-state index contributed by atoms with van der Waals surface area (Å²) in [5.74, 6) is -1.02. The lowest BCUT2D eigenvalue weighted by Crippen LogP contribution is -2.25. The zero-order valence-corrected chi connectivity index (χ0v) is 13.0. The van der Waals surface area contributed by atoms with Crippen LogP contribution in [0.3, 0.4) is 0 Å². The zero-order chi connectivity index (χ0) is 15.4.